The van der Waals surface area contributed by atoms with E-state index in [1.807, 2.05) is 0 Å². The topological polar surface area (TPSA) is 77.5 Å². The third kappa shape index (κ3) is 2.87. The molecule has 1 fully saturated rings. The van der Waals surface area contributed by atoms with Gasteiger partial charge in [-0.05, 0) is 24.6 Å². The molecule has 0 unspecified atom stereocenters. The SMILES string of the molecule is Cc1cccc(S(=O)(=O)N2CC(C)(C(=O)[O-])C2)c1.[Li+]. The Morgan fingerprint density at radius 1 is 1.37 bits per heavy atom. The summed E-state index contributed by atoms with van der Waals surface area (Å²) in [5.74, 6) is -1.21. The molecule has 1 aromatic rings. The van der Waals surface area contributed by atoms with E-state index in [2.05, 4.69) is 0 Å². The summed E-state index contributed by atoms with van der Waals surface area (Å²) in [7, 11) is -3.59. The van der Waals surface area contributed by atoms with Crippen LogP contribution in [0.5, 0.6) is 0 Å². The Kier molecular flexibility index (Phi) is 4.53. The molecular weight excluding hydrogens is 261 g/mol. The molecule has 98 valence electrons. The van der Waals surface area contributed by atoms with E-state index in [1.54, 1.807) is 25.1 Å². The van der Waals surface area contributed by atoms with E-state index in [1.165, 1.54) is 13.0 Å². The molecule has 1 heterocycles. The van der Waals surface area contributed by atoms with Crippen molar-refractivity contribution < 1.29 is 37.2 Å². The number of carbonyl (C=O) groups excluding carboxylic acids is 1. The molecule has 1 aromatic carbocycles. The molecule has 0 saturated carbocycles. The summed E-state index contributed by atoms with van der Waals surface area (Å²) in [4.78, 5) is 11.0. The maximum absolute atomic E-state index is 12.2. The predicted molar refractivity (Wildman–Crippen MR) is 63.1 cm³/mol. The zero-order valence-electron chi connectivity index (χ0n) is 11.2. The average molecular weight is 275 g/mol. The second-order valence-electron chi connectivity index (χ2n) is 4.94. The Labute approximate surface area is 124 Å². The van der Waals surface area contributed by atoms with E-state index in [4.69, 9.17) is 0 Å². The van der Waals surface area contributed by atoms with Gasteiger partial charge in [-0.25, -0.2) is 8.42 Å². The summed E-state index contributed by atoms with van der Waals surface area (Å²) in [6, 6.07) is 6.56. The van der Waals surface area contributed by atoms with Crippen molar-refractivity contribution in [1.82, 2.24) is 4.31 Å². The van der Waals surface area contributed by atoms with Gasteiger partial charge in [-0.2, -0.15) is 4.31 Å². The number of benzene rings is 1. The summed E-state index contributed by atoms with van der Waals surface area (Å²) in [5, 5.41) is 10.8. The van der Waals surface area contributed by atoms with Crippen LogP contribution in [0, 0.1) is 12.3 Å². The molecule has 0 radical (unpaired) electrons. The zero-order valence-corrected chi connectivity index (χ0v) is 12.0. The zero-order chi connectivity index (χ0) is 13.6. The van der Waals surface area contributed by atoms with Crippen LogP contribution in [-0.2, 0) is 14.8 Å². The van der Waals surface area contributed by atoms with Crippen LogP contribution in [0.4, 0.5) is 0 Å². The van der Waals surface area contributed by atoms with Crippen molar-refractivity contribution in [3.05, 3.63) is 29.8 Å². The molecule has 2 rings (SSSR count). The van der Waals surface area contributed by atoms with E-state index >= 15 is 0 Å². The van der Waals surface area contributed by atoms with Gasteiger partial charge in [0.05, 0.1) is 4.90 Å². The van der Waals surface area contributed by atoms with Crippen molar-refractivity contribution in [2.45, 2.75) is 18.7 Å². The number of aryl methyl sites for hydroxylation is 1. The first-order valence-corrected chi connectivity index (χ1v) is 6.98. The number of sulfonamides is 1. The van der Waals surface area contributed by atoms with Gasteiger partial charge in [0, 0.05) is 24.5 Å². The molecule has 1 aliphatic rings. The third-order valence-electron chi connectivity index (χ3n) is 3.17. The second kappa shape index (κ2) is 5.29. The van der Waals surface area contributed by atoms with Crippen LogP contribution in [0.1, 0.15) is 12.5 Å². The first-order chi connectivity index (χ1) is 8.25. The number of hydrogen-bond acceptors (Lipinski definition) is 4. The quantitative estimate of drug-likeness (QED) is 0.543. The normalized spacial score (nSPS) is 18.2. The van der Waals surface area contributed by atoms with Crippen LogP contribution in [0.15, 0.2) is 29.2 Å². The molecule has 0 N–H and O–H groups in total. The van der Waals surface area contributed by atoms with Crippen LogP contribution in [0.2, 0.25) is 0 Å². The number of hydrogen-bond donors (Lipinski definition) is 0. The van der Waals surface area contributed by atoms with E-state index in [-0.39, 0.29) is 36.8 Å². The van der Waals surface area contributed by atoms with Crippen LogP contribution in [0.25, 0.3) is 0 Å². The van der Waals surface area contributed by atoms with Gasteiger partial charge in [-0.1, -0.05) is 19.1 Å². The Balaban J connectivity index is 0.00000180. The largest absolute Gasteiger partial charge is 1.00 e. The maximum Gasteiger partial charge on any atom is 1.00 e. The second-order valence-corrected chi connectivity index (χ2v) is 6.88. The van der Waals surface area contributed by atoms with E-state index in [0.717, 1.165) is 9.87 Å². The van der Waals surface area contributed by atoms with Crippen LogP contribution in [-0.4, -0.2) is 31.8 Å². The van der Waals surface area contributed by atoms with E-state index in [0.29, 0.717) is 0 Å². The minimum absolute atomic E-state index is 0. The average Bonchev–Trinajstić information content (AvgIpc) is 2.24. The summed E-state index contributed by atoms with van der Waals surface area (Å²) < 4.78 is 25.5. The molecule has 0 amide bonds. The summed E-state index contributed by atoms with van der Waals surface area (Å²) in [6.45, 7) is 3.22. The summed E-state index contributed by atoms with van der Waals surface area (Å²) >= 11 is 0. The molecule has 1 saturated heterocycles. The van der Waals surface area contributed by atoms with Crippen molar-refractivity contribution in [1.29, 1.82) is 0 Å². The molecule has 1 aliphatic heterocycles. The number of aliphatic carboxylic acids is 1. The fourth-order valence-corrected chi connectivity index (χ4v) is 3.75. The fourth-order valence-electron chi connectivity index (χ4n) is 1.96. The number of carboxylic acid groups (broad SMARTS) is 1. The van der Waals surface area contributed by atoms with Crippen LogP contribution < -0.4 is 24.0 Å². The monoisotopic (exact) mass is 275 g/mol. The number of nitrogens with zero attached hydrogens (tertiary/aromatic N) is 1. The number of carboxylic acids is 1. The Hall–Kier alpha value is -0.803. The van der Waals surface area contributed by atoms with Gasteiger partial charge in [0.2, 0.25) is 10.0 Å². The molecule has 0 bridgehead atoms. The molecule has 5 nitrogen and oxygen atoms in total. The van der Waals surface area contributed by atoms with Crippen molar-refractivity contribution in [3.8, 4) is 0 Å². The van der Waals surface area contributed by atoms with E-state index in [9.17, 15) is 18.3 Å². The minimum Gasteiger partial charge on any atom is -0.549 e. The van der Waals surface area contributed by atoms with Gasteiger partial charge in [-0.3, -0.25) is 0 Å². The van der Waals surface area contributed by atoms with Crippen molar-refractivity contribution >= 4 is 16.0 Å². The molecule has 7 heteroatoms. The van der Waals surface area contributed by atoms with Crippen molar-refractivity contribution in [2.24, 2.45) is 5.41 Å². The number of rotatable bonds is 3. The molecule has 0 aromatic heterocycles. The van der Waals surface area contributed by atoms with Gasteiger partial charge in [0.25, 0.3) is 0 Å². The Morgan fingerprint density at radius 2 is 1.95 bits per heavy atom. The van der Waals surface area contributed by atoms with Crippen molar-refractivity contribution in [3.63, 3.8) is 0 Å². The number of carbonyl (C=O) groups is 1. The Morgan fingerprint density at radius 3 is 2.42 bits per heavy atom. The molecular formula is C12H14LiNO4S. The van der Waals surface area contributed by atoms with Gasteiger partial charge < -0.3 is 9.90 Å². The molecule has 0 aliphatic carbocycles. The maximum atomic E-state index is 12.2. The summed E-state index contributed by atoms with van der Waals surface area (Å²) in [6.07, 6.45) is 0. The fraction of sp³-hybridized carbons (Fsp3) is 0.417. The van der Waals surface area contributed by atoms with Gasteiger partial charge in [0.15, 0.2) is 0 Å². The molecule has 0 spiro atoms. The Bertz CT molecular complexity index is 594. The first kappa shape index (κ1) is 16.3. The third-order valence-corrected chi connectivity index (χ3v) is 4.96. The van der Waals surface area contributed by atoms with Crippen molar-refractivity contribution in [2.75, 3.05) is 13.1 Å². The smallest absolute Gasteiger partial charge is 0.549 e. The van der Waals surface area contributed by atoms with Gasteiger partial charge in [-0.15, -0.1) is 0 Å². The van der Waals surface area contributed by atoms with E-state index < -0.39 is 21.4 Å². The minimum atomic E-state index is -3.59. The predicted octanol–water partition coefficient (Wildman–Crippen LogP) is -3.24. The summed E-state index contributed by atoms with van der Waals surface area (Å²) in [5.41, 5.74) is -0.226. The standard InChI is InChI=1S/C12H15NO4S.Li/c1-9-4-3-5-10(6-9)18(16,17)13-7-12(2,8-13)11(14)15;/h3-6H,7-8H2,1-2H3,(H,14,15);/q;+1/p-1. The van der Waals surface area contributed by atoms with Gasteiger partial charge >= 0.3 is 18.9 Å². The van der Waals surface area contributed by atoms with Crippen LogP contribution in [0.3, 0.4) is 0 Å². The first-order valence-electron chi connectivity index (χ1n) is 5.54. The van der Waals surface area contributed by atoms with Crippen LogP contribution >= 0.6 is 0 Å². The molecule has 0 atom stereocenters. The molecule has 19 heavy (non-hydrogen) atoms. The van der Waals surface area contributed by atoms with Gasteiger partial charge in [0.1, 0.15) is 0 Å².